The molecule has 0 aromatic heterocycles. The Morgan fingerprint density at radius 1 is 1.31 bits per heavy atom. The average Bonchev–Trinajstić information content (AvgIpc) is 2.15. The highest BCUT2D eigenvalue weighted by atomic mass is 35.7. The molecule has 0 fully saturated rings. The molecule has 6 heteroatoms. The van der Waals surface area contributed by atoms with Gasteiger partial charge in [-0.3, -0.25) is 4.79 Å². The molecule has 16 heavy (non-hydrogen) atoms. The molecular weight excluding hydrogens is 271 g/mol. The van der Waals surface area contributed by atoms with Gasteiger partial charge in [0.15, 0.2) is 5.78 Å². The summed E-state index contributed by atoms with van der Waals surface area (Å²) in [5, 5.41) is 0.00954. The molecule has 1 aromatic rings. The standard InChI is InChI=1S/C10H10Cl2O3S/c1-6(2)10(13)7-3-4-8(11)9(5-7)16(12,14)15/h3-6H,1-2H3. The van der Waals surface area contributed by atoms with Crippen LogP contribution in [0.25, 0.3) is 0 Å². The van der Waals surface area contributed by atoms with E-state index in [1.54, 1.807) is 13.8 Å². The maximum Gasteiger partial charge on any atom is 0.262 e. The molecule has 0 atom stereocenters. The summed E-state index contributed by atoms with van der Waals surface area (Å²) in [6.07, 6.45) is 0. The topological polar surface area (TPSA) is 51.2 Å². The number of ketones is 1. The van der Waals surface area contributed by atoms with Crippen LogP contribution in [0.1, 0.15) is 24.2 Å². The van der Waals surface area contributed by atoms with E-state index in [2.05, 4.69) is 0 Å². The quantitative estimate of drug-likeness (QED) is 0.632. The normalized spacial score (nSPS) is 11.8. The molecule has 1 aromatic carbocycles. The van der Waals surface area contributed by atoms with E-state index < -0.39 is 9.05 Å². The molecule has 0 aliphatic heterocycles. The van der Waals surface area contributed by atoms with Gasteiger partial charge < -0.3 is 0 Å². The van der Waals surface area contributed by atoms with Gasteiger partial charge in [0, 0.05) is 22.2 Å². The van der Waals surface area contributed by atoms with E-state index in [0.717, 1.165) is 0 Å². The Hall–Kier alpha value is -0.580. The fourth-order valence-corrected chi connectivity index (χ4v) is 2.67. The first-order chi connectivity index (χ1) is 7.23. The van der Waals surface area contributed by atoms with E-state index in [1.165, 1.54) is 18.2 Å². The number of Topliss-reactive ketones (excluding diaryl/α,β-unsaturated/α-hetero) is 1. The predicted octanol–water partition coefficient (Wildman–Crippen LogP) is 3.11. The Bertz CT molecular complexity index is 521. The second-order valence-corrected chi connectivity index (χ2v) is 6.54. The van der Waals surface area contributed by atoms with Crippen molar-refractivity contribution < 1.29 is 13.2 Å². The molecule has 1 rings (SSSR count). The number of carbonyl (C=O) groups is 1. The molecule has 0 unspecified atom stereocenters. The van der Waals surface area contributed by atoms with E-state index in [1.807, 2.05) is 0 Å². The summed E-state index contributed by atoms with van der Waals surface area (Å²) in [5.41, 5.74) is 0.290. The minimum atomic E-state index is -3.93. The highest BCUT2D eigenvalue weighted by Crippen LogP contribution is 2.26. The molecule has 0 N–H and O–H groups in total. The third kappa shape index (κ3) is 2.97. The van der Waals surface area contributed by atoms with E-state index >= 15 is 0 Å². The summed E-state index contributed by atoms with van der Waals surface area (Å²) < 4.78 is 22.3. The minimum absolute atomic E-state index is 0.00954. The summed E-state index contributed by atoms with van der Waals surface area (Å²) in [7, 11) is 1.27. The van der Waals surface area contributed by atoms with Gasteiger partial charge in [-0.2, -0.15) is 0 Å². The van der Waals surface area contributed by atoms with E-state index in [-0.39, 0.29) is 21.6 Å². The third-order valence-corrected chi connectivity index (χ3v) is 3.81. The molecule has 0 aliphatic carbocycles. The van der Waals surface area contributed by atoms with E-state index in [4.69, 9.17) is 22.3 Å². The van der Waals surface area contributed by atoms with Crippen molar-refractivity contribution in [3.63, 3.8) is 0 Å². The summed E-state index contributed by atoms with van der Waals surface area (Å²) >= 11 is 5.69. The molecule has 0 aliphatic rings. The van der Waals surface area contributed by atoms with Crippen LogP contribution in [0.5, 0.6) is 0 Å². The fourth-order valence-electron chi connectivity index (χ4n) is 1.18. The van der Waals surface area contributed by atoms with Crippen molar-refractivity contribution in [2.75, 3.05) is 0 Å². The fraction of sp³-hybridized carbons (Fsp3) is 0.300. The Morgan fingerprint density at radius 3 is 2.31 bits per heavy atom. The van der Waals surface area contributed by atoms with Crippen molar-refractivity contribution in [3.05, 3.63) is 28.8 Å². The lowest BCUT2D eigenvalue weighted by molar-refractivity contribution is 0.0939. The lowest BCUT2D eigenvalue weighted by Crippen LogP contribution is -2.08. The van der Waals surface area contributed by atoms with Crippen LogP contribution in [-0.2, 0) is 9.05 Å². The molecule has 88 valence electrons. The van der Waals surface area contributed by atoms with Crippen LogP contribution in [0.2, 0.25) is 5.02 Å². The van der Waals surface area contributed by atoms with Crippen molar-refractivity contribution in [3.8, 4) is 0 Å². The number of hydrogen-bond donors (Lipinski definition) is 0. The molecule has 0 saturated carbocycles. The maximum absolute atomic E-state index is 11.7. The Morgan fingerprint density at radius 2 is 1.88 bits per heavy atom. The van der Waals surface area contributed by atoms with Crippen molar-refractivity contribution in [1.29, 1.82) is 0 Å². The van der Waals surface area contributed by atoms with Crippen molar-refractivity contribution in [1.82, 2.24) is 0 Å². The van der Waals surface area contributed by atoms with Crippen molar-refractivity contribution in [2.24, 2.45) is 5.92 Å². The molecule has 0 heterocycles. The van der Waals surface area contributed by atoms with Gasteiger partial charge in [-0.1, -0.05) is 25.4 Å². The van der Waals surface area contributed by atoms with Gasteiger partial charge in [0.1, 0.15) is 4.90 Å². The minimum Gasteiger partial charge on any atom is -0.294 e. The first-order valence-corrected chi connectivity index (χ1v) is 7.20. The molecule has 0 amide bonds. The molecule has 0 spiro atoms. The lowest BCUT2D eigenvalue weighted by atomic mass is 10.0. The van der Waals surface area contributed by atoms with Crippen LogP contribution < -0.4 is 0 Å². The molecule has 0 radical (unpaired) electrons. The van der Waals surface area contributed by atoms with Crippen molar-refractivity contribution in [2.45, 2.75) is 18.7 Å². The SMILES string of the molecule is CC(C)C(=O)c1ccc(Cl)c(S(=O)(=O)Cl)c1. The zero-order chi connectivity index (χ0) is 12.5. The Kier molecular flexibility index (Phi) is 3.99. The van der Waals surface area contributed by atoms with Gasteiger partial charge in [-0.15, -0.1) is 0 Å². The summed E-state index contributed by atoms with van der Waals surface area (Å²) in [4.78, 5) is 11.4. The van der Waals surface area contributed by atoms with Crippen LogP contribution in [0.15, 0.2) is 23.1 Å². The second kappa shape index (κ2) is 4.73. The van der Waals surface area contributed by atoms with E-state index in [0.29, 0.717) is 5.56 Å². The summed E-state index contributed by atoms with van der Waals surface area (Å²) in [5.74, 6) is -0.370. The van der Waals surface area contributed by atoms with Crippen LogP contribution in [0.3, 0.4) is 0 Å². The van der Waals surface area contributed by atoms with Gasteiger partial charge in [-0.05, 0) is 18.2 Å². The maximum atomic E-state index is 11.7. The number of carbonyl (C=O) groups excluding carboxylic acids is 1. The van der Waals surface area contributed by atoms with Crippen LogP contribution >= 0.6 is 22.3 Å². The van der Waals surface area contributed by atoms with Crippen molar-refractivity contribution >= 4 is 37.1 Å². The van der Waals surface area contributed by atoms with Gasteiger partial charge in [0.2, 0.25) is 0 Å². The van der Waals surface area contributed by atoms with Gasteiger partial charge in [0.25, 0.3) is 9.05 Å². The second-order valence-electron chi connectivity index (χ2n) is 3.60. The largest absolute Gasteiger partial charge is 0.294 e. The summed E-state index contributed by atoms with van der Waals surface area (Å²) in [6, 6.07) is 4.04. The molecular formula is C10H10Cl2O3S. The molecule has 0 saturated heterocycles. The van der Waals surface area contributed by atoms with Gasteiger partial charge >= 0.3 is 0 Å². The van der Waals surface area contributed by atoms with Crippen LogP contribution in [0.4, 0.5) is 0 Å². The monoisotopic (exact) mass is 280 g/mol. The number of hydrogen-bond acceptors (Lipinski definition) is 3. The highest BCUT2D eigenvalue weighted by Gasteiger charge is 2.18. The lowest BCUT2D eigenvalue weighted by Gasteiger charge is -2.06. The van der Waals surface area contributed by atoms with Gasteiger partial charge in [0.05, 0.1) is 5.02 Å². The van der Waals surface area contributed by atoms with E-state index in [9.17, 15) is 13.2 Å². The smallest absolute Gasteiger partial charge is 0.262 e. The first kappa shape index (κ1) is 13.5. The van der Waals surface area contributed by atoms with Crippen LogP contribution in [-0.4, -0.2) is 14.2 Å². The Labute approximate surface area is 104 Å². The zero-order valence-electron chi connectivity index (χ0n) is 8.70. The first-order valence-electron chi connectivity index (χ1n) is 4.52. The average molecular weight is 281 g/mol. The number of benzene rings is 1. The third-order valence-electron chi connectivity index (χ3n) is 2.00. The number of rotatable bonds is 3. The number of halogens is 2. The highest BCUT2D eigenvalue weighted by molar-refractivity contribution is 8.13. The van der Waals surface area contributed by atoms with Gasteiger partial charge in [-0.25, -0.2) is 8.42 Å². The Balaban J connectivity index is 3.34. The molecule has 3 nitrogen and oxygen atoms in total. The zero-order valence-corrected chi connectivity index (χ0v) is 11.0. The predicted molar refractivity (Wildman–Crippen MR) is 63.7 cm³/mol. The summed E-state index contributed by atoms with van der Waals surface area (Å²) in [6.45, 7) is 3.46. The molecule has 0 bridgehead atoms. The van der Waals surface area contributed by atoms with Crippen LogP contribution in [0, 0.1) is 5.92 Å².